The summed E-state index contributed by atoms with van der Waals surface area (Å²) < 4.78 is 0. The van der Waals surface area contributed by atoms with Gasteiger partial charge in [0.05, 0.1) is 22.3 Å². The maximum Gasteiger partial charge on any atom is 0.272 e. The van der Waals surface area contributed by atoms with Gasteiger partial charge in [0.15, 0.2) is 0 Å². The van der Waals surface area contributed by atoms with Crippen molar-refractivity contribution in [2.24, 2.45) is 0 Å². The van der Waals surface area contributed by atoms with Gasteiger partial charge in [-0.25, -0.2) is 4.98 Å². The number of fused-ring (bicyclic) bond motifs is 1. The molecule has 2 heterocycles. The van der Waals surface area contributed by atoms with Gasteiger partial charge in [-0.3, -0.25) is 19.8 Å². The summed E-state index contributed by atoms with van der Waals surface area (Å²) in [7, 11) is 0. The topological polar surface area (TPSA) is 90.6 Å². The fourth-order valence-electron chi connectivity index (χ4n) is 2.15. The van der Waals surface area contributed by atoms with Crippen LogP contribution in [0, 0.1) is 0 Å². The zero-order valence-corrected chi connectivity index (χ0v) is 12.2. The van der Waals surface area contributed by atoms with Gasteiger partial charge in [0.25, 0.3) is 11.1 Å². The van der Waals surface area contributed by atoms with Crippen LogP contribution in [0.5, 0.6) is 0 Å². The average Bonchev–Trinajstić information content (AvgIpc) is 2.97. The second-order valence-electron chi connectivity index (χ2n) is 4.56. The van der Waals surface area contributed by atoms with Gasteiger partial charge >= 0.3 is 0 Å². The molecule has 3 aromatic rings. The molecule has 0 aliphatic carbocycles. The second-order valence-corrected chi connectivity index (χ2v) is 5.76. The number of aryl methyl sites for hydroxylation is 1. The van der Waals surface area contributed by atoms with Crippen molar-refractivity contribution in [1.29, 1.82) is 0 Å². The summed E-state index contributed by atoms with van der Waals surface area (Å²) in [5.74, 6) is 0. The Hall–Kier alpha value is -2.41. The third kappa shape index (κ3) is 2.59. The first kappa shape index (κ1) is 13.6. The molecule has 2 aromatic heterocycles. The smallest absolute Gasteiger partial charge is 0.272 e. The number of benzene rings is 1. The molecule has 0 atom stereocenters. The lowest BCUT2D eigenvalue weighted by Crippen LogP contribution is -2.20. The number of nitrogens with one attached hydrogen (secondary N) is 3. The van der Waals surface area contributed by atoms with Crippen LogP contribution in [0.1, 0.15) is 16.8 Å². The standard InChI is InChI=1S/C14H14N4O2S/c1-2-11-16-7-8(21-11)6-15-10-5-3-4-9-12(10)14(20)18-17-13(9)19/h3-5,7,15H,2,6H2,1H3,(H,17,19)(H,18,20). The van der Waals surface area contributed by atoms with Crippen molar-refractivity contribution in [2.45, 2.75) is 19.9 Å². The van der Waals surface area contributed by atoms with Gasteiger partial charge in [-0.1, -0.05) is 13.0 Å². The number of rotatable bonds is 4. The van der Waals surface area contributed by atoms with Crippen molar-refractivity contribution < 1.29 is 0 Å². The molecule has 0 saturated carbocycles. The van der Waals surface area contributed by atoms with E-state index in [1.807, 2.05) is 6.20 Å². The van der Waals surface area contributed by atoms with E-state index in [9.17, 15) is 9.59 Å². The summed E-state index contributed by atoms with van der Waals surface area (Å²) in [6, 6.07) is 5.18. The number of hydrogen-bond donors (Lipinski definition) is 3. The number of nitrogens with zero attached hydrogens (tertiary/aromatic N) is 1. The molecular formula is C14H14N4O2S. The first-order chi connectivity index (χ1) is 10.2. The summed E-state index contributed by atoms with van der Waals surface area (Å²) in [4.78, 5) is 29.1. The Morgan fingerprint density at radius 1 is 1.24 bits per heavy atom. The van der Waals surface area contributed by atoms with Gasteiger partial charge in [0.2, 0.25) is 0 Å². The minimum atomic E-state index is -0.314. The number of thiazole rings is 1. The minimum Gasteiger partial charge on any atom is -0.379 e. The molecule has 0 bridgehead atoms. The average molecular weight is 302 g/mol. The molecule has 3 N–H and O–H groups in total. The predicted octanol–water partition coefficient (Wildman–Crippen LogP) is 1.85. The summed E-state index contributed by atoms with van der Waals surface area (Å²) in [6.07, 6.45) is 2.74. The van der Waals surface area contributed by atoms with Gasteiger partial charge in [-0.2, -0.15) is 0 Å². The Bertz CT molecular complexity index is 894. The van der Waals surface area contributed by atoms with E-state index in [0.717, 1.165) is 16.3 Å². The number of aromatic nitrogens is 3. The van der Waals surface area contributed by atoms with Crippen molar-refractivity contribution in [3.8, 4) is 0 Å². The molecule has 0 unspecified atom stereocenters. The monoisotopic (exact) mass is 302 g/mol. The number of anilines is 1. The van der Waals surface area contributed by atoms with Gasteiger partial charge in [-0.15, -0.1) is 11.3 Å². The van der Waals surface area contributed by atoms with Crippen LogP contribution in [0.2, 0.25) is 0 Å². The molecule has 0 radical (unpaired) electrons. The normalized spacial score (nSPS) is 10.9. The lowest BCUT2D eigenvalue weighted by molar-refractivity contribution is 0.976. The SMILES string of the molecule is CCc1ncc(CNc2cccc3c(=O)[nH][nH]c(=O)c23)s1. The quantitative estimate of drug-likeness (QED) is 0.686. The van der Waals surface area contributed by atoms with E-state index < -0.39 is 0 Å². The van der Waals surface area contributed by atoms with Crippen LogP contribution in [0.15, 0.2) is 34.0 Å². The van der Waals surface area contributed by atoms with E-state index in [1.165, 1.54) is 0 Å². The first-order valence-corrected chi connectivity index (χ1v) is 7.42. The lowest BCUT2D eigenvalue weighted by Gasteiger charge is -2.07. The van der Waals surface area contributed by atoms with Crippen molar-refractivity contribution >= 4 is 27.8 Å². The molecule has 3 rings (SSSR count). The van der Waals surface area contributed by atoms with Crippen molar-refractivity contribution in [3.63, 3.8) is 0 Å². The third-order valence-corrected chi connectivity index (χ3v) is 4.32. The maximum atomic E-state index is 11.9. The molecule has 0 amide bonds. The Balaban J connectivity index is 1.96. The molecule has 6 nitrogen and oxygen atoms in total. The number of aromatic amines is 2. The molecule has 0 aliphatic rings. The van der Waals surface area contributed by atoms with E-state index in [1.54, 1.807) is 29.5 Å². The predicted molar refractivity (Wildman–Crippen MR) is 84.0 cm³/mol. The highest BCUT2D eigenvalue weighted by molar-refractivity contribution is 7.11. The van der Waals surface area contributed by atoms with E-state index in [4.69, 9.17) is 0 Å². The van der Waals surface area contributed by atoms with Crippen LogP contribution in [-0.2, 0) is 13.0 Å². The van der Waals surface area contributed by atoms with Crippen LogP contribution in [0.3, 0.4) is 0 Å². The van der Waals surface area contributed by atoms with E-state index >= 15 is 0 Å². The van der Waals surface area contributed by atoms with Crippen molar-refractivity contribution in [1.82, 2.24) is 15.2 Å². The zero-order chi connectivity index (χ0) is 14.8. The lowest BCUT2D eigenvalue weighted by atomic mass is 10.1. The van der Waals surface area contributed by atoms with Gasteiger partial charge < -0.3 is 5.32 Å². The van der Waals surface area contributed by atoms with Crippen LogP contribution >= 0.6 is 11.3 Å². The molecule has 108 valence electrons. The molecule has 7 heteroatoms. The van der Waals surface area contributed by atoms with Gasteiger partial charge in [0, 0.05) is 16.8 Å². The van der Waals surface area contributed by atoms with Crippen molar-refractivity contribution in [2.75, 3.05) is 5.32 Å². The summed E-state index contributed by atoms with van der Waals surface area (Å²) in [5.41, 5.74) is 0.0249. The van der Waals surface area contributed by atoms with Gasteiger partial charge in [-0.05, 0) is 18.6 Å². The van der Waals surface area contributed by atoms with Crippen LogP contribution in [-0.4, -0.2) is 15.2 Å². The molecule has 0 spiro atoms. The Morgan fingerprint density at radius 3 is 2.81 bits per heavy atom. The largest absolute Gasteiger partial charge is 0.379 e. The molecule has 0 fully saturated rings. The minimum absolute atomic E-state index is 0.306. The maximum absolute atomic E-state index is 11.9. The summed E-state index contributed by atoms with van der Waals surface area (Å²) in [5, 5.41) is 9.72. The van der Waals surface area contributed by atoms with Crippen LogP contribution in [0.25, 0.3) is 10.8 Å². The molecule has 21 heavy (non-hydrogen) atoms. The van der Waals surface area contributed by atoms with Crippen molar-refractivity contribution in [3.05, 3.63) is 55.0 Å². The number of hydrogen-bond acceptors (Lipinski definition) is 5. The van der Waals surface area contributed by atoms with Gasteiger partial charge in [0.1, 0.15) is 0 Å². The highest BCUT2D eigenvalue weighted by Gasteiger charge is 2.08. The van der Waals surface area contributed by atoms with Crippen LogP contribution < -0.4 is 16.4 Å². The first-order valence-electron chi connectivity index (χ1n) is 6.60. The Kier molecular flexibility index (Phi) is 3.57. The summed E-state index contributed by atoms with van der Waals surface area (Å²) in [6.45, 7) is 2.63. The number of H-pyrrole nitrogens is 2. The van der Waals surface area contributed by atoms with E-state index in [2.05, 4.69) is 27.4 Å². The molecular weight excluding hydrogens is 288 g/mol. The van der Waals surface area contributed by atoms with E-state index in [-0.39, 0.29) is 11.1 Å². The zero-order valence-electron chi connectivity index (χ0n) is 11.4. The second kappa shape index (κ2) is 5.53. The molecule has 0 saturated heterocycles. The molecule has 1 aromatic carbocycles. The van der Waals surface area contributed by atoms with Crippen LogP contribution in [0.4, 0.5) is 5.69 Å². The Labute approximate surface area is 123 Å². The Morgan fingerprint density at radius 2 is 2.05 bits per heavy atom. The highest BCUT2D eigenvalue weighted by Crippen LogP contribution is 2.19. The fourth-order valence-corrected chi connectivity index (χ4v) is 2.95. The highest BCUT2D eigenvalue weighted by atomic mass is 32.1. The fraction of sp³-hybridized carbons (Fsp3) is 0.214. The third-order valence-electron chi connectivity index (χ3n) is 3.18. The van der Waals surface area contributed by atoms with E-state index in [0.29, 0.717) is 23.0 Å². The summed E-state index contributed by atoms with van der Waals surface area (Å²) >= 11 is 1.64. The molecule has 0 aliphatic heterocycles.